The fraction of sp³-hybridized carbons (Fsp3) is 0.174. The molecule has 168 valence electrons. The van der Waals surface area contributed by atoms with Gasteiger partial charge in [-0.3, -0.25) is 4.72 Å². The molecule has 0 unspecified atom stereocenters. The zero-order chi connectivity index (χ0) is 23.5. The Labute approximate surface area is 192 Å². The van der Waals surface area contributed by atoms with Crippen molar-refractivity contribution in [3.05, 3.63) is 65.6 Å². The van der Waals surface area contributed by atoms with Gasteiger partial charge >= 0.3 is 0 Å². The summed E-state index contributed by atoms with van der Waals surface area (Å²) >= 11 is 1.43. The molecule has 0 aliphatic rings. The van der Waals surface area contributed by atoms with Gasteiger partial charge < -0.3 is 0 Å². The molecule has 0 fully saturated rings. The van der Waals surface area contributed by atoms with E-state index in [1.54, 1.807) is 12.3 Å². The fourth-order valence-corrected chi connectivity index (χ4v) is 5.86. The van der Waals surface area contributed by atoms with E-state index in [-0.39, 0.29) is 21.4 Å². The Kier molecular flexibility index (Phi) is 4.84. The molecule has 0 aliphatic carbocycles. The summed E-state index contributed by atoms with van der Waals surface area (Å²) in [5.41, 5.74) is 0.542. The van der Waals surface area contributed by atoms with Crippen molar-refractivity contribution in [1.82, 2.24) is 15.0 Å². The number of nitrogens with zero attached hydrogens (tertiary/aromatic N) is 3. The van der Waals surface area contributed by atoms with Crippen LogP contribution in [0.25, 0.3) is 31.9 Å². The Balaban J connectivity index is 1.79. The first-order valence-electron chi connectivity index (χ1n) is 9.99. The van der Waals surface area contributed by atoms with Crippen molar-refractivity contribution in [2.45, 2.75) is 31.1 Å². The van der Waals surface area contributed by atoms with Crippen LogP contribution >= 0.6 is 11.3 Å². The summed E-state index contributed by atoms with van der Waals surface area (Å²) < 4.78 is 57.9. The van der Waals surface area contributed by atoms with Crippen LogP contribution in [0.1, 0.15) is 25.8 Å². The van der Waals surface area contributed by atoms with E-state index in [2.05, 4.69) is 14.7 Å². The lowest BCUT2D eigenvalue weighted by molar-refractivity contribution is 0.587. The summed E-state index contributed by atoms with van der Waals surface area (Å²) in [5, 5.41) is 2.14. The molecule has 0 bridgehead atoms. The van der Waals surface area contributed by atoms with E-state index >= 15 is 4.39 Å². The predicted octanol–water partition coefficient (Wildman–Crippen LogP) is 5.77. The van der Waals surface area contributed by atoms with Crippen molar-refractivity contribution in [2.75, 3.05) is 4.72 Å². The standard InChI is InChI=1S/C23H18F2N4O2S2/c1-23(2,3)22-28-20-17-14(15-10-26-11-27-19(15)21(20)32-22)7-8-16(18(17)25)29-33(30,31)13-6-4-5-12(24)9-13/h4-11,29H,1-3H3. The van der Waals surface area contributed by atoms with Crippen molar-refractivity contribution in [2.24, 2.45) is 0 Å². The average Bonchev–Trinajstić information content (AvgIpc) is 3.21. The number of fused-ring (bicyclic) bond motifs is 6. The van der Waals surface area contributed by atoms with Crippen LogP contribution in [0, 0.1) is 11.6 Å². The summed E-state index contributed by atoms with van der Waals surface area (Å²) in [5.74, 6) is -1.48. The largest absolute Gasteiger partial charge is 0.277 e. The molecule has 2 heterocycles. The lowest BCUT2D eigenvalue weighted by atomic mass is 9.98. The number of anilines is 1. The van der Waals surface area contributed by atoms with Gasteiger partial charge in [0.25, 0.3) is 10.0 Å². The van der Waals surface area contributed by atoms with Gasteiger partial charge in [0, 0.05) is 22.4 Å². The smallest absolute Gasteiger partial charge is 0.262 e. The highest BCUT2D eigenvalue weighted by Crippen LogP contribution is 2.42. The van der Waals surface area contributed by atoms with Gasteiger partial charge in [-0.1, -0.05) is 32.9 Å². The number of halogens is 2. The lowest BCUT2D eigenvalue weighted by Crippen LogP contribution is -2.14. The second-order valence-corrected chi connectivity index (χ2v) is 11.3. The number of sulfonamides is 1. The minimum absolute atomic E-state index is 0.179. The van der Waals surface area contributed by atoms with Crippen LogP contribution in [0.3, 0.4) is 0 Å². The monoisotopic (exact) mass is 484 g/mol. The Morgan fingerprint density at radius 1 is 1.03 bits per heavy atom. The number of rotatable bonds is 3. The molecular formula is C23H18F2N4O2S2. The molecule has 0 atom stereocenters. The summed E-state index contributed by atoms with van der Waals surface area (Å²) in [7, 11) is -4.21. The quantitative estimate of drug-likeness (QED) is 0.329. The first kappa shape index (κ1) is 21.6. The Morgan fingerprint density at radius 3 is 2.55 bits per heavy atom. The van der Waals surface area contributed by atoms with Crippen molar-refractivity contribution >= 4 is 58.9 Å². The highest BCUT2D eigenvalue weighted by atomic mass is 32.2. The van der Waals surface area contributed by atoms with Crippen LogP contribution < -0.4 is 4.72 Å². The number of aromatic nitrogens is 3. The van der Waals surface area contributed by atoms with Crippen LogP contribution in [-0.2, 0) is 15.4 Å². The maximum Gasteiger partial charge on any atom is 0.262 e. The van der Waals surface area contributed by atoms with E-state index in [0.717, 1.165) is 17.1 Å². The van der Waals surface area contributed by atoms with Crippen molar-refractivity contribution < 1.29 is 17.2 Å². The van der Waals surface area contributed by atoms with Gasteiger partial charge in [-0.2, -0.15) is 0 Å². The van der Waals surface area contributed by atoms with E-state index in [1.165, 1.54) is 35.9 Å². The summed E-state index contributed by atoms with van der Waals surface area (Å²) in [6.45, 7) is 6.04. The summed E-state index contributed by atoms with van der Waals surface area (Å²) in [6, 6.07) is 7.48. The molecule has 0 saturated heterocycles. The lowest BCUT2D eigenvalue weighted by Gasteiger charge is -2.13. The number of hydrogen-bond donors (Lipinski definition) is 1. The van der Waals surface area contributed by atoms with Crippen LogP contribution in [0.15, 0.2) is 53.8 Å². The number of thiazole rings is 1. The van der Waals surface area contributed by atoms with E-state index in [9.17, 15) is 12.8 Å². The van der Waals surface area contributed by atoms with Gasteiger partial charge in [-0.15, -0.1) is 11.3 Å². The van der Waals surface area contributed by atoms with Crippen LogP contribution in [0.5, 0.6) is 0 Å². The van der Waals surface area contributed by atoms with Gasteiger partial charge in [-0.05, 0) is 29.7 Å². The number of benzene rings is 3. The third-order valence-electron chi connectivity index (χ3n) is 5.22. The Bertz CT molecular complexity index is 1680. The molecule has 0 spiro atoms. The topological polar surface area (TPSA) is 84.8 Å². The van der Waals surface area contributed by atoms with Crippen LogP contribution in [0.4, 0.5) is 14.5 Å². The Morgan fingerprint density at radius 2 is 1.82 bits per heavy atom. The van der Waals surface area contributed by atoms with Gasteiger partial charge in [0.15, 0.2) is 5.82 Å². The van der Waals surface area contributed by atoms with Crippen molar-refractivity contribution in [1.29, 1.82) is 0 Å². The van der Waals surface area contributed by atoms with E-state index in [1.807, 2.05) is 20.8 Å². The minimum Gasteiger partial charge on any atom is -0.277 e. The molecule has 5 rings (SSSR count). The average molecular weight is 485 g/mol. The predicted molar refractivity (Wildman–Crippen MR) is 126 cm³/mol. The third kappa shape index (κ3) is 3.59. The molecule has 0 radical (unpaired) electrons. The third-order valence-corrected chi connectivity index (χ3v) is 8.07. The summed E-state index contributed by atoms with van der Waals surface area (Å²) in [4.78, 5) is 12.9. The van der Waals surface area contributed by atoms with E-state index in [0.29, 0.717) is 26.5 Å². The molecule has 6 nitrogen and oxygen atoms in total. The maximum absolute atomic E-state index is 15.9. The number of nitrogens with one attached hydrogen (secondary N) is 1. The molecular weight excluding hydrogens is 466 g/mol. The SMILES string of the molecule is CC(C)(C)c1nc2c(s1)c1ncncc1c1ccc(NS(=O)(=O)c3cccc(F)c3)c(F)c12. The fourth-order valence-electron chi connectivity index (χ4n) is 3.63. The second-order valence-electron chi connectivity index (χ2n) is 8.64. The normalized spacial score (nSPS) is 12.6. The first-order chi connectivity index (χ1) is 15.6. The highest BCUT2D eigenvalue weighted by molar-refractivity contribution is 7.92. The Hall–Kier alpha value is -3.24. The van der Waals surface area contributed by atoms with Crippen LogP contribution in [0.2, 0.25) is 0 Å². The minimum atomic E-state index is -4.21. The summed E-state index contributed by atoms with van der Waals surface area (Å²) in [6.07, 6.45) is 3.04. The van der Waals surface area contributed by atoms with Crippen molar-refractivity contribution in [3.63, 3.8) is 0 Å². The zero-order valence-electron chi connectivity index (χ0n) is 17.8. The van der Waals surface area contributed by atoms with Gasteiger partial charge in [0.05, 0.1) is 31.3 Å². The second kappa shape index (κ2) is 7.39. The molecule has 10 heteroatoms. The molecule has 5 aromatic rings. The number of hydrogen-bond acceptors (Lipinski definition) is 6. The maximum atomic E-state index is 15.9. The molecule has 1 N–H and O–H groups in total. The van der Waals surface area contributed by atoms with Crippen molar-refractivity contribution in [3.8, 4) is 0 Å². The zero-order valence-corrected chi connectivity index (χ0v) is 19.5. The molecule has 0 saturated carbocycles. The molecule has 2 aromatic heterocycles. The van der Waals surface area contributed by atoms with E-state index in [4.69, 9.17) is 4.98 Å². The van der Waals surface area contributed by atoms with Gasteiger partial charge in [-0.25, -0.2) is 32.2 Å². The molecule has 33 heavy (non-hydrogen) atoms. The van der Waals surface area contributed by atoms with Crippen LogP contribution in [-0.4, -0.2) is 23.4 Å². The molecule has 0 amide bonds. The van der Waals surface area contributed by atoms with E-state index < -0.39 is 21.7 Å². The molecule has 3 aromatic carbocycles. The molecule has 0 aliphatic heterocycles. The first-order valence-corrected chi connectivity index (χ1v) is 12.3. The van der Waals surface area contributed by atoms with Gasteiger partial charge in [0.2, 0.25) is 0 Å². The van der Waals surface area contributed by atoms with Gasteiger partial charge in [0.1, 0.15) is 12.1 Å². The highest BCUT2D eigenvalue weighted by Gasteiger charge is 2.25.